The van der Waals surface area contributed by atoms with Crippen LogP contribution in [0.15, 0.2) is 18.2 Å². The number of hydrogen-bond acceptors (Lipinski definition) is 3. The van der Waals surface area contributed by atoms with E-state index < -0.39 is 0 Å². The first-order valence-corrected chi connectivity index (χ1v) is 6.80. The SMILES string of the molecule is O=CC1(CN2CCc3ccc(F)cc32)CCOCC1. The van der Waals surface area contributed by atoms with Crippen LogP contribution in [0, 0.1) is 11.2 Å². The van der Waals surface area contributed by atoms with Crippen molar-refractivity contribution >= 4 is 12.0 Å². The van der Waals surface area contributed by atoms with Crippen molar-refractivity contribution in [2.75, 3.05) is 31.2 Å². The van der Waals surface area contributed by atoms with E-state index in [0.717, 1.165) is 37.8 Å². The summed E-state index contributed by atoms with van der Waals surface area (Å²) in [5.74, 6) is -0.210. The fraction of sp³-hybridized carbons (Fsp3) is 0.533. The summed E-state index contributed by atoms with van der Waals surface area (Å²) >= 11 is 0. The number of rotatable bonds is 3. The van der Waals surface area contributed by atoms with Gasteiger partial charge in [-0.25, -0.2) is 4.39 Å². The minimum atomic E-state index is -0.327. The molecule has 1 fully saturated rings. The normalized spacial score (nSPS) is 21.2. The molecule has 1 saturated heterocycles. The van der Waals surface area contributed by atoms with Crippen molar-refractivity contribution in [1.82, 2.24) is 0 Å². The van der Waals surface area contributed by atoms with Crippen LogP contribution in [0.5, 0.6) is 0 Å². The average Bonchev–Trinajstić information content (AvgIpc) is 2.82. The molecule has 102 valence electrons. The summed E-state index contributed by atoms with van der Waals surface area (Å²) in [6.07, 6.45) is 3.53. The Morgan fingerprint density at radius 2 is 2.16 bits per heavy atom. The standard InChI is InChI=1S/C15H18FNO2/c16-13-2-1-12-3-6-17(14(12)9-13)10-15(11-18)4-7-19-8-5-15/h1-2,9,11H,3-8,10H2. The van der Waals surface area contributed by atoms with Crippen LogP contribution in [0.2, 0.25) is 0 Å². The van der Waals surface area contributed by atoms with Gasteiger partial charge in [-0.05, 0) is 37.0 Å². The van der Waals surface area contributed by atoms with Gasteiger partial charge in [0.1, 0.15) is 12.1 Å². The van der Waals surface area contributed by atoms with Crippen LogP contribution >= 0.6 is 0 Å². The van der Waals surface area contributed by atoms with E-state index in [2.05, 4.69) is 4.90 Å². The summed E-state index contributed by atoms with van der Waals surface area (Å²) in [6.45, 7) is 2.83. The number of carbonyl (C=O) groups excluding carboxylic acids is 1. The van der Waals surface area contributed by atoms with Crippen molar-refractivity contribution in [3.63, 3.8) is 0 Å². The second kappa shape index (κ2) is 4.93. The molecule has 1 aromatic rings. The molecule has 0 aliphatic carbocycles. The molecule has 0 unspecified atom stereocenters. The van der Waals surface area contributed by atoms with E-state index in [9.17, 15) is 9.18 Å². The van der Waals surface area contributed by atoms with Crippen LogP contribution in [-0.2, 0) is 16.0 Å². The molecule has 1 aromatic carbocycles. The number of halogens is 1. The fourth-order valence-electron chi connectivity index (χ4n) is 3.05. The zero-order valence-electron chi connectivity index (χ0n) is 10.9. The number of benzene rings is 1. The summed E-state index contributed by atoms with van der Waals surface area (Å²) in [7, 11) is 0. The van der Waals surface area contributed by atoms with Gasteiger partial charge in [0.2, 0.25) is 0 Å². The third kappa shape index (κ3) is 2.37. The first-order chi connectivity index (χ1) is 9.22. The van der Waals surface area contributed by atoms with Gasteiger partial charge in [-0.3, -0.25) is 0 Å². The molecule has 4 heteroatoms. The topological polar surface area (TPSA) is 29.5 Å². The third-order valence-corrected chi connectivity index (χ3v) is 4.28. The number of anilines is 1. The summed E-state index contributed by atoms with van der Waals surface area (Å²) in [6, 6.07) is 4.94. The number of ether oxygens (including phenoxy) is 1. The number of hydrogen-bond donors (Lipinski definition) is 0. The quantitative estimate of drug-likeness (QED) is 0.783. The second-order valence-electron chi connectivity index (χ2n) is 5.54. The molecule has 3 rings (SSSR count). The van der Waals surface area contributed by atoms with Gasteiger partial charge in [0.05, 0.1) is 0 Å². The van der Waals surface area contributed by atoms with Crippen molar-refractivity contribution in [2.45, 2.75) is 19.3 Å². The molecule has 3 nitrogen and oxygen atoms in total. The van der Waals surface area contributed by atoms with Gasteiger partial charge >= 0.3 is 0 Å². The van der Waals surface area contributed by atoms with E-state index in [0.29, 0.717) is 19.8 Å². The Labute approximate surface area is 112 Å². The van der Waals surface area contributed by atoms with Gasteiger partial charge in [0, 0.05) is 37.4 Å². The van der Waals surface area contributed by atoms with Crippen LogP contribution in [-0.4, -0.2) is 32.6 Å². The minimum Gasteiger partial charge on any atom is -0.381 e. The summed E-state index contributed by atoms with van der Waals surface area (Å²) < 4.78 is 18.7. The highest BCUT2D eigenvalue weighted by Gasteiger charge is 2.36. The Kier molecular flexibility index (Phi) is 3.27. The van der Waals surface area contributed by atoms with Crippen molar-refractivity contribution in [3.8, 4) is 0 Å². The second-order valence-corrected chi connectivity index (χ2v) is 5.54. The lowest BCUT2D eigenvalue weighted by atomic mass is 9.81. The molecule has 0 spiro atoms. The van der Waals surface area contributed by atoms with Gasteiger partial charge in [-0.2, -0.15) is 0 Å². The molecule has 0 radical (unpaired) electrons. The molecule has 19 heavy (non-hydrogen) atoms. The summed E-state index contributed by atoms with van der Waals surface area (Å²) in [4.78, 5) is 13.6. The summed E-state index contributed by atoms with van der Waals surface area (Å²) in [5.41, 5.74) is 1.80. The third-order valence-electron chi connectivity index (χ3n) is 4.28. The Balaban J connectivity index is 1.81. The van der Waals surface area contributed by atoms with E-state index >= 15 is 0 Å². The number of carbonyl (C=O) groups is 1. The van der Waals surface area contributed by atoms with Crippen molar-refractivity contribution in [3.05, 3.63) is 29.6 Å². The van der Waals surface area contributed by atoms with Gasteiger partial charge in [0.15, 0.2) is 0 Å². The molecular formula is C15H18FNO2. The van der Waals surface area contributed by atoms with Gasteiger partial charge < -0.3 is 14.4 Å². The maximum Gasteiger partial charge on any atom is 0.128 e. The molecule has 0 bridgehead atoms. The Bertz CT molecular complexity index is 483. The van der Waals surface area contributed by atoms with Crippen molar-refractivity contribution in [2.24, 2.45) is 5.41 Å². The van der Waals surface area contributed by atoms with Gasteiger partial charge in [-0.1, -0.05) is 6.07 Å². The lowest BCUT2D eigenvalue weighted by Gasteiger charge is -2.36. The predicted octanol–water partition coefficient (Wildman–Crippen LogP) is 2.18. The van der Waals surface area contributed by atoms with Crippen LogP contribution in [0.4, 0.5) is 10.1 Å². The Morgan fingerprint density at radius 3 is 2.89 bits per heavy atom. The molecular weight excluding hydrogens is 245 g/mol. The first-order valence-electron chi connectivity index (χ1n) is 6.80. The molecule has 2 aliphatic rings. The van der Waals surface area contributed by atoms with E-state index in [1.807, 2.05) is 6.07 Å². The number of nitrogens with zero attached hydrogens (tertiary/aromatic N) is 1. The Hall–Kier alpha value is -1.42. The highest BCUT2D eigenvalue weighted by molar-refractivity contribution is 5.64. The number of aldehydes is 1. The van der Waals surface area contributed by atoms with Crippen LogP contribution < -0.4 is 4.90 Å². The molecule has 2 aliphatic heterocycles. The van der Waals surface area contributed by atoms with Crippen molar-refractivity contribution in [1.29, 1.82) is 0 Å². The molecule has 2 heterocycles. The molecule has 0 amide bonds. The zero-order chi connectivity index (χ0) is 13.3. The number of fused-ring (bicyclic) bond motifs is 1. The van der Waals surface area contributed by atoms with Crippen LogP contribution in [0.3, 0.4) is 0 Å². The molecule has 0 N–H and O–H groups in total. The predicted molar refractivity (Wildman–Crippen MR) is 70.9 cm³/mol. The molecule has 0 aromatic heterocycles. The molecule has 0 saturated carbocycles. The van der Waals surface area contributed by atoms with Crippen LogP contribution in [0.1, 0.15) is 18.4 Å². The van der Waals surface area contributed by atoms with Gasteiger partial charge in [-0.15, -0.1) is 0 Å². The minimum absolute atomic E-state index is 0.210. The lowest BCUT2D eigenvalue weighted by Crippen LogP contribution is -2.42. The molecule has 0 atom stereocenters. The Morgan fingerprint density at radius 1 is 1.37 bits per heavy atom. The van der Waals surface area contributed by atoms with E-state index in [1.165, 1.54) is 11.6 Å². The maximum atomic E-state index is 13.4. The van der Waals surface area contributed by atoms with Gasteiger partial charge in [0.25, 0.3) is 0 Å². The first kappa shape index (κ1) is 12.6. The summed E-state index contributed by atoms with van der Waals surface area (Å²) in [5, 5.41) is 0. The lowest BCUT2D eigenvalue weighted by molar-refractivity contribution is -0.120. The zero-order valence-corrected chi connectivity index (χ0v) is 10.9. The van der Waals surface area contributed by atoms with Crippen molar-refractivity contribution < 1.29 is 13.9 Å². The average molecular weight is 263 g/mol. The smallest absolute Gasteiger partial charge is 0.128 e. The van der Waals surface area contributed by atoms with E-state index in [4.69, 9.17) is 4.74 Å². The monoisotopic (exact) mass is 263 g/mol. The fourth-order valence-corrected chi connectivity index (χ4v) is 3.05. The van der Waals surface area contributed by atoms with E-state index in [-0.39, 0.29) is 11.2 Å². The highest BCUT2D eigenvalue weighted by Crippen LogP contribution is 2.35. The van der Waals surface area contributed by atoms with Crippen LogP contribution in [0.25, 0.3) is 0 Å². The highest BCUT2D eigenvalue weighted by atomic mass is 19.1. The largest absolute Gasteiger partial charge is 0.381 e. The van der Waals surface area contributed by atoms with E-state index in [1.54, 1.807) is 6.07 Å². The maximum absolute atomic E-state index is 13.4.